The van der Waals surface area contributed by atoms with Crippen molar-refractivity contribution in [3.05, 3.63) is 35.4 Å². The van der Waals surface area contributed by atoms with Crippen LogP contribution in [0.4, 0.5) is 8.78 Å². The van der Waals surface area contributed by atoms with Crippen LogP contribution in [0.3, 0.4) is 0 Å². The summed E-state index contributed by atoms with van der Waals surface area (Å²) in [5.74, 6) is -2.68. The van der Waals surface area contributed by atoms with E-state index in [1.807, 2.05) is 13.8 Å². The molecule has 0 saturated heterocycles. The van der Waals surface area contributed by atoms with Gasteiger partial charge in [0.2, 0.25) is 0 Å². The lowest BCUT2D eigenvalue weighted by molar-refractivity contribution is 0.0735. The van der Waals surface area contributed by atoms with Crippen molar-refractivity contribution in [3.63, 3.8) is 0 Å². The molecule has 0 aliphatic heterocycles. The maximum Gasteiger partial charge on any atom is 0.256 e. The van der Waals surface area contributed by atoms with Crippen LogP contribution in [0.5, 0.6) is 0 Å². The van der Waals surface area contributed by atoms with E-state index in [0.29, 0.717) is 13.1 Å². The molecule has 1 amide bonds. The first-order chi connectivity index (χ1) is 8.28. The lowest BCUT2D eigenvalue weighted by Crippen LogP contribution is -2.40. The van der Waals surface area contributed by atoms with Crippen molar-refractivity contribution in [2.45, 2.75) is 13.8 Å². The Kier molecular flexibility index (Phi) is 4.40. The quantitative estimate of drug-likeness (QED) is 0.895. The Morgan fingerprint density at radius 2 is 2.00 bits per heavy atom. The SMILES string of the molecule is CN(CC(C)(C)CN)C(=O)c1cccc(F)c1F. The van der Waals surface area contributed by atoms with Gasteiger partial charge in [-0.15, -0.1) is 0 Å². The van der Waals surface area contributed by atoms with E-state index in [0.717, 1.165) is 6.07 Å². The predicted octanol–water partition coefficient (Wildman–Crippen LogP) is 2.02. The van der Waals surface area contributed by atoms with Gasteiger partial charge in [0.15, 0.2) is 11.6 Å². The van der Waals surface area contributed by atoms with E-state index in [1.165, 1.54) is 17.0 Å². The van der Waals surface area contributed by atoms with Crippen molar-refractivity contribution >= 4 is 5.91 Å². The number of hydrogen-bond acceptors (Lipinski definition) is 2. The van der Waals surface area contributed by atoms with Crippen LogP contribution >= 0.6 is 0 Å². The largest absolute Gasteiger partial charge is 0.341 e. The predicted molar refractivity (Wildman–Crippen MR) is 66.2 cm³/mol. The number of benzene rings is 1. The van der Waals surface area contributed by atoms with Crippen molar-refractivity contribution in [1.82, 2.24) is 4.90 Å². The maximum absolute atomic E-state index is 13.5. The first-order valence-electron chi connectivity index (χ1n) is 5.68. The number of carbonyl (C=O) groups is 1. The molecule has 0 atom stereocenters. The van der Waals surface area contributed by atoms with Gasteiger partial charge in [-0.2, -0.15) is 0 Å². The Hall–Kier alpha value is -1.49. The summed E-state index contributed by atoms with van der Waals surface area (Å²) in [6.45, 7) is 4.58. The van der Waals surface area contributed by atoms with Gasteiger partial charge in [-0.3, -0.25) is 4.79 Å². The molecule has 0 saturated carbocycles. The summed E-state index contributed by atoms with van der Waals surface area (Å²) in [6, 6.07) is 3.57. The van der Waals surface area contributed by atoms with Crippen LogP contribution in [-0.4, -0.2) is 30.9 Å². The fourth-order valence-corrected chi connectivity index (χ4v) is 1.65. The molecule has 0 radical (unpaired) electrons. The third-order valence-electron chi connectivity index (χ3n) is 2.75. The first-order valence-corrected chi connectivity index (χ1v) is 5.68. The number of halogens is 2. The van der Waals surface area contributed by atoms with Crippen LogP contribution in [0.1, 0.15) is 24.2 Å². The summed E-state index contributed by atoms with van der Waals surface area (Å²) in [4.78, 5) is 13.3. The van der Waals surface area contributed by atoms with Crippen molar-refractivity contribution in [2.75, 3.05) is 20.1 Å². The maximum atomic E-state index is 13.5. The van der Waals surface area contributed by atoms with Gasteiger partial charge in [-0.1, -0.05) is 19.9 Å². The van der Waals surface area contributed by atoms with Gasteiger partial charge in [0.05, 0.1) is 5.56 Å². The zero-order chi connectivity index (χ0) is 13.9. The molecule has 0 bridgehead atoms. The third kappa shape index (κ3) is 3.26. The summed E-state index contributed by atoms with van der Waals surface area (Å²) >= 11 is 0. The molecular formula is C13H18F2N2O. The van der Waals surface area contributed by atoms with Gasteiger partial charge >= 0.3 is 0 Å². The Morgan fingerprint density at radius 1 is 1.39 bits per heavy atom. The van der Waals surface area contributed by atoms with E-state index in [4.69, 9.17) is 5.73 Å². The molecule has 2 N–H and O–H groups in total. The van der Waals surface area contributed by atoms with Crippen LogP contribution in [0.25, 0.3) is 0 Å². The van der Waals surface area contributed by atoms with Gasteiger partial charge in [0.25, 0.3) is 5.91 Å². The van der Waals surface area contributed by atoms with Gasteiger partial charge in [0, 0.05) is 13.6 Å². The monoisotopic (exact) mass is 256 g/mol. The minimum Gasteiger partial charge on any atom is -0.341 e. The molecule has 0 aliphatic carbocycles. The number of amides is 1. The van der Waals surface area contributed by atoms with E-state index in [1.54, 1.807) is 7.05 Å². The molecule has 0 spiro atoms. The second-order valence-electron chi connectivity index (χ2n) is 5.13. The average Bonchev–Trinajstić information content (AvgIpc) is 2.31. The summed E-state index contributed by atoms with van der Waals surface area (Å²) in [6.07, 6.45) is 0. The van der Waals surface area contributed by atoms with E-state index in [2.05, 4.69) is 0 Å². The molecule has 3 nitrogen and oxygen atoms in total. The Balaban J connectivity index is 2.91. The highest BCUT2D eigenvalue weighted by Gasteiger charge is 2.24. The van der Waals surface area contributed by atoms with Gasteiger partial charge in [0.1, 0.15) is 0 Å². The van der Waals surface area contributed by atoms with Crippen molar-refractivity contribution in [3.8, 4) is 0 Å². The molecule has 5 heteroatoms. The van der Waals surface area contributed by atoms with Crippen molar-refractivity contribution in [1.29, 1.82) is 0 Å². The zero-order valence-electron chi connectivity index (χ0n) is 10.8. The summed E-state index contributed by atoms with van der Waals surface area (Å²) in [5, 5.41) is 0. The van der Waals surface area contributed by atoms with Crippen LogP contribution in [-0.2, 0) is 0 Å². The second-order valence-corrected chi connectivity index (χ2v) is 5.13. The van der Waals surface area contributed by atoms with E-state index >= 15 is 0 Å². The number of rotatable bonds is 4. The molecule has 0 aliphatic rings. The van der Waals surface area contributed by atoms with Gasteiger partial charge in [-0.25, -0.2) is 8.78 Å². The second kappa shape index (κ2) is 5.44. The highest BCUT2D eigenvalue weighted by Crippen LogP contribution is 2.18. The molecule has 0 aromatic heterocycles. The fourth-order valence-electron chi connectivity index (χ4n) is 1.65. The number of nitrogens with two attached hydrogens (primary N) is 1. The average molecular weight is 256 g/mol. The van der Waals surface area contributed by atoms with Gasteiger partial charge < -0.3 is 10.6 Å². The van der Waals surface area contributed by atoms with E-state index < -0.39 is 17.5 Å². The van der Waals surface area contributed by atoms with Crippen molar-refractivity contribution in [2.24, 2.45) is 11.1 Å². The number of hydrogen-bond donors (Lipinski definition) is 1. The Labute approximate surface area is 106 Å². The van der Waals surface area contributed by atoms with E-state index in [-0.39, 0.29) is 11.0 Å². The lowest BCUT2D eigenvalue weighted by Gasteiger charge is -2.29. The number of nitrogens with zero attached hydrogens (tertiary/aromatic N) is 1. The highest BCUT2D eigenvalue weighted by atomic mass is 19.2. The van der Waals surface area contributed by atoms with Crippen LogP contribution in [0.2, 0.25) is 0 Å². The zero-order valence-corrected chi connectivity index (χ0v) is 10.8. The van der Waals surface area contributed by atoms with Gasteiger partial charge in [-0.05, 0) is 24.1 Å². The molecule has 1 aromatic carbocycles. The minimum atomic E-state index is -1.11. The third-order valence-corrected chi connectivity index (χ3v) is 2.75. The van der Waals surface area contributed by atoms with Crippen molar-refractivity contribution < 1.29 is 13.6 Å². The topological polar surface area (TPSA) is 46.3 Å². The minimum absolute atomic E-state index is 0.259. The number of carbonyl (C=O) groups excluding carboxylic acids is 1. The molecule has 1 aromatic rings. The first kappa shape index (κ1) is 14.6. The molecular weight excluding hydrogens is 238 g/mol. The smallest absolute Gasteiger partial charge is 0.256 e. The highest BCUT2D eigenvalue weighted by molar-refractivity contribution is 5.94. The molecule has 100 valence electrons. The Bertz CT molecular complexity index is 447. The van der Waals surface area contributed by atoms with Crippen LogP contribution < -0.4 is 5.73 Å². The molecule has 1 rings (SSSR count). The molecule has 0 fully saturated rings. The Morgan fingerprint density at radius 3 is 2.56 bits per heavy atom. The standard InChI is InChI=1S/C13H18F2N2O/c1-13(2,7-16)8-17(3)12(18)9-5-4-6-10(14)11(9)15/h4-6H,7-8,16H2,1-3H3. The molecule has 0 heterocycles. The van der Waals surface area contributed by atoms with E-state index in [9.17, 15) is 13.6 Å². The molecule has 0 unspecified atom stereocenters. The van der Waals surface area contributed by atoms with Crippen LogP contribution in [0, 0.1) is 17.0 Å². The summed E-state index contributed by atoms with van der Waals surface area (Å²) < 4.78 is 26.5. The fraction of sp³-hybridized carbons (Fsp3) is 0.462. The molecule has 18 heavy (non-hydrogen) atoms. The van der Waals surface area contributed by atoms with Crippen LogP contribution in [0.15, 0.2) is 18.2 Å². The lowest BCUT2D eigenvalue weighted by atomic mass is 9.93. The summed E-state index contributed by atoms with van der Waals surface area (Å²) in [7, 11) is 1.55. The normalized spacial score (nSPS) is 11.4. The summed E-state index contributed by atoms with van der Waals surface area (Å²) in [5.41, 5.74) is 5.05.